The SMILES string of the molecule is Cc1ccc(Cl)cc1N1CC[NH+](C[C@H](O)COc2ccc(C(C)C)cc2)CC1. The van der Waals surface area contributed by atoms with Crippen molar-refractivity contribution in [3.63, 3.8) is 0 Å². The fourth-order valence-electron chi connectivity index (χ4n) is 3.72. The van der Waals surface area contributed by atoms with Crippen molar-refractivity contribution in [3.05, 3.63) is 58.6 Å². The minimum absolute atomic E-state index is 0.335. The summed E-state index contributed by atoms with van der Waals surface area (Å²) in [7, 11) is 0. The van der Waals surface area contributed by atoms with Gasteiger partial charge in [-0.15, -0.1) is 0 Å². The summed E-state index contributed by atoms with van der Waals surface area (Å²) in [4.78, 5) is 3.81. The molecule has 2 aromatic rings. The van der Waals surface area contributed by atoms with E-state index in [4.69, 9.17) is 16.3 Å². The molecule has 0 spiro atoms. The Hall–Kier alpha value is -1.75. The molecular weight excluding hydrogens is 372 g/mol. The van der Waals surface area contributed by atoms with Gasteiger partial charge in [-0.25, -0.2) is 0 Å². The maximum atomic E-state index is 10.4. The van der Waals surface area contributed by atoms with E-state index in [-0.39, 0.29) is 0 Å². The van der Waals surface area contributed by atoms with Crippen LogP contribution in [0.2, 0.25) is 5.02 Å². The molecule has 0 radical (unpaired) electrons. The summed E-state index contributed by atoms with van der Waals surface area (Å²) in [6.07, 6.45) is -0.459. The average Bonchev–Trinajstić information content (AvgIpc) is 2.69. The van der Waals surface area contributed by atoms with Gasteiger partial charge in [-0.3, -0.25) is 0 Å². The van der Waals surface area contributed by atoms with Crippen LogP contribution >= 0.6 is 11.6 Å². The molecule has 1 saturated heterocycles. The van der Waals surface area contributed by atoms with Crippen molar-refractivity contribution in [3.8, 4) is 5.75 Å². The molecule has 3 rings (SSSR count). The third kappa shape index (κ3) is 5.63. The van der Waals surface area contributed by atoms with E-state index in [0.29, 0.717) is 19.1 Å². The number of hydrogen-bond acceptors (Lipinski definition) is 3. The Labute approximate surface area is 173 Å². The monoisotopic (exact) mass is 403 g/mol. The largest absolute Gasteiger partial charge is 0.491 e. The second-order valence-electron chi connectivity index (χ2n) is 8.06. The molecule has 1 heterocycles. The summed E-state index contributed by atoms with van der Waals surface area (Å²) in [6.45, 7) is 11.5. The number of aliphatic hydroxyl groups is 1. The third-order valence-electron chi connectivity index (χ3n) is 5.50. The molecule has 0 aliphatic carbocycles. The molecule has 1 atom stereocenters. The van der Waals surface area contributed by atoms with Gasteiger partial charge in [0.25, 0.3) is 0 Å². The molecule has 2 N–H and O–H groups in total. The van der Waals surface area contributed by atoms with Crippen LogP contribution in [0.1, 0.15) is 30.9 Å². The van der Waals surface area contributed by atoms with E-state index in [1.807, 2.05) is 18.2 Å². The second-order valence-corrected chi connectivity index (χ2v) is 8.50. The minimum Gasteiger partial charge on any atom is -0.491 e. The number of quaternary nitrogens is 1. The topological polar surface area (TPSA) is 37.1 Å². The van der Waals surface area contributed by atoms with Gasteiger partial charge in [0.05, 0.1) is 26.2 Å². The van der Waals surface area contributed by atoms with Gasteiger partial charge in [-0.2, -0.15) is 0 Å². The molecule has 0 aromatic heterocycles. The number of piperazine rings is 1. The third-order valence-corrected chi connectivity index (χ3v) is 5.73. The number of halogens is 1. The zero-order chi connectivity index (χ0) is 20.1. The van der Waals surface area contributed by atoms with Gasteiger partial charge in [-0.1, -0.05) is 43.6 Å². The van der Waals surface area contributed by atoms with Crippen LogP contribution < -0.4 is 14.5 Å². The Morgan fingerprint density at radius 1 is 1.11 bits per heavy atom. The quantitative estimate of drug-likeness (QED) is 0.746. The van der Waals surface area contributed by atoms with E-state index in [0.717, 1.165) is 37.0 Å². The standard InChI is InChI=1S/C23H31ClN2O2/c1-17(2)19-5-8-22(9-6-19)28-16-21(27)15-25-10-12-26(13-11-25)23-14-20(24)7-4-18(23)3/h4-9,14,17,21,27H,10-13,15-16H2,1-3H3/p+1/t21-/m0/s1. The van der Waals surface area contributed by atoms with Crippen LogP contribution in [0.4, 0.5) is 5.69 Å². The minimum atomic E-state index is -0.459. The molecule has 152 valence electrons. The molecule has 0 bridgehead atoms. The van der Waals surface area contributed by atoms with Crippen molar-refractivity contribution in [2.75, 3.05) is 44.2 Å². The first-order chi connectivity index (χ1) is 13.4. The Morgan fingerprint density at radius 3 is 2.43 bits per heavy atom. The first kappa shape index (κ1) is 21.0. The fraction of sp³-hybridized carbons (Fsp3) is 0.478. The van der Waals surface area contributed by atoms with Crippen LogP contribution in [0.3, 0.4) is 0 Å². The summed E-state index contributed by atoms with van der Waals surface area (Å²) in [5.41, 5.74) is 3.77. The van der Waals surface area contributed by atoms with E-state index in [1.54, 1.807) is 0 Å². The Bertz CT molecular complexity index is 756. The molecule has 4 nitrogen and oxygen atoms in total. The highest BCUT2D eigenvalue weighted by Crippen LogP contribution is 2.24. The molecule has 1 aliphatic heterocycles. The lowest BCUT2D eigenvalue weighted by molar-refractivity contribution is -0.903. The van der Waals surface area contributed by atoms with Crippen LogP contribution in [0.25, 0.3) is 0 Å². The number of ether oxygens (including phenoxy) is 1. The molecule has 2 aromatic carbocycles. The molecule has 0 saturated carbocycles. The Morgan fingerprint density at radius 2 is 1.79 bits per heavy atom. The summed E-state index contributed by atoms with van der Waals surface area (Å²) in [5, 5.41) is 11.2. The van der Waals surface area contributed by atoms with Crippen molar-refractivity contribution in [2.24, 2.45) is 0 Å². The number of nitrogens with zero attached hydrogens (tertiary/aromatic N) is 1. The predicted molar refractivity (Wildman–Crippen MR) is 116 cm³/mol. The van der Waals surface area contributed by atoms with Crippen molar-refractivity contribution in [1.82, 2.24) is 0 Å². The number of hydrogen-bond donors (Lipinski definition) is 2. The van der Waals surface area contributed by atoms with Crippen molar-refractivity contribution in [1.29, 1.82) is 0 Å². The van der Waals surface area contributed by atoms with Gasteiger partial charge in [-0.05, 0) is 48.2 Å². The van der Waals surface area contributed by atoms with Gasteiger partial charge in [0.1, 0.15) is 25.0 Å². The lowest BCUT2D eigenvalue weighted by atomic mass is 10.0. The number of anilines is 1. The lowest BCUT2D eigenvalue weighted by Gasteiger charge is -2.35. The Kier molecular flexibility index (Phi) is 7.22. The Balaban J connectivity index is 1.43. The van der Waals surface area contributed by atoms with Crippen LogP contribution in [-0.2, 0) is 0 Å². The first-order valence-corrected chi connectivity index (χ1v) is 10.6. The molecule has 1 fully saturated rings. The first-order valence-electron chi connectivity index (χ1n) is 10.2. The molecular formula is C23H32ClN2O2+. The highest BCUT2D eigenvalue weighted by atomic mass is 35.5. The van der Waals surface area contributed by atoms with Gasteiger partial charge in [0.15, 0.2) is 0 Å². The molecule has 28 heavy (non-hydrogen) atoms. The van der Waals surface area contributed by atoms with Crippen LogP contribution in [0.5, 0.6) is 5.75 Å². The van der Waals surface area contributed by atoms with E-state index in [1.165, 1.54) is 21.7 Å². The summed E-state index contributed by atoms with van der Waals surface area (Å²) >= 11 is 6.16. The average molecular weight is 404 g/mol. The number of benzene rings is 2. The van der Waals surface area contributed by atoms with Crippen LogP contribution in [-0.4, -0.2) is 50.5 Å². The number of aliphatic hydroxyl groups excluding tert-OH is 1. The van der Waals surface area contributed by atoms with Crippen molar-refractivity contribution in [2.45, 2.75) is 32.8 Å². The van der Waals surface area contributed by atoms with Gasteiger partial charge < -0.3 is 19.6 Å². The normalized spacial score (nSPS) is 16.4. The van der Waals surface area contributed by atoms with E-state index in [9.17, 15) is 5.11 Å². The highest BCUT2D eigenvalue weighted by Gasteiger charge is 2.23. The molecule has 0 amide bonds. The maximum absolute atomic E-state index is 10.4. The van der Waals surface area contributed by atoms with E-state index in [2.05, 4.69) is 49.9 Å². The molecule has 0 unspecified atom stereocenters. The van der Waals surface area contributed by atoms with Crippen LogP contribution in [0.15, 0.2) is 42.5 Å². The van der Waals surface area contributed by atoms with Crippen LogP contribution in [0, 0.1) is 6.92 Å². The molecule has 1 aliphatic rings. The van der Waals surface area contributed by atoms with Gasteiger partial charge in [0, 0.05) is 10.7 Å². The number of rotatable bonds is 7. The zero-order valence-electron chi connectivity index (χ0n) is 17.1. The number of nitrogens with one attached hydrogen (secondary N) is 1. The van der Waals surface area contributed by atoms with Crippen molar-refractivity contribution >= 4 is 17.3 Å². The predicted octanol–water partition coefficient (Wildman–Crippen LogP) is 2.92. The fourth-order valence-corrected chi connectivity index (χ4v) is 3.89. The van der Waals surface area contributed by atoms with Gasteiger partial charge in [0.2, 0.25) is 0 Å². The summed E-state index contributed by atoms with van der Waals surface area (Å²) < 4.78 is 5.77. The smallest absolute Gasteiger partial charge is 0.137 e. The highest BCUT2D eigenvalue weighted by molar-refractivity contribution is 6.30. The summed E-state index contributed by atoms with van der Waals surface area (Å²) in [6, 6.07) is 14.2. The zero-order valence-corrected chi connectivity index (χ0v) is 17.9. The van der Waals surface area contributed by atoms with Crippen molar-refractivity contribution < 1.29 is 14.7 Å². The number of aryl methyl sites for hydroxylation is 1. The molecule has 5 heteroatoms. The van der Waals surface area contributed by atoms with E-state index < -0.39 is 6.10 Å². The lowest BCUT2D eigenvalue weighted by Crippen LogP contribution is -3.16. The van der Waals surface area contributed by atoms with E-state index >= 15 is 0 Å². The van der Waals surface area contributed by atoms with Gasteiger partial charge >= 0.3 is 0 Å². The second kappa shape index (κ2) is 9.64. The summed E-state index contributed by atoms with van der Waals surface area (Å²) in [5.74, 6) is 1.33. The maximum Gasteiger partial charge on any atom is 0.137 e.